The van der Waals surface area contributed by atoms with E-state index in [4.69, 9.17) is 5.11 Å². The summed E-state index contributed by atoms with van der Waals surface area (Å²) in [4.78, 5) is 10.8. The Hall–Kier alpha value is -1.31. The van der Waals surface area contributed by atoms with Gasteiger partial charge in [0.1, 0.15) is 0 Å². The summed E-state index contributed by atoms with van der Waals surface area (Å²) in [6.07, 6.45) is 2.10. The van der Waals surface area contributed by atoms with Gasteiger partial charge in [-0.15, -0.1) is 0 Å². The lowest BCUT2D eigenvalue weighted by atomic mass is 9.98. The van der Waals surface area contributed by atoms with Gasteiger partial charge in [0.15, 0.2) is 0 Å². The molecule has 0 heterocycles. The highest BCUT2D eigenvalue weighted by Gasteiger charge is 2.13. The number of hydrogen-bond acceptors (Lipinski definition) is 1. The first-order chi connectivity index (χ1) is 6.65. The van der Waals surface area contributed by atoms with Gasteiger partial charge in [-0.1, -0.05) is 37.6 Å². The Balaban J connectivity index is 2.87. The van der Waals surface area contributed by atoms with E-state index in [0.29, 0.717) is 0 Å². The van der Waals surface area contributed by atoms with Crippen LogP contribution in [0.4, 0.5) is 0 Å². The molecule has 2 nitrogen and oxygen atoms in total. The molecule has 76 valence electrons. The quantitative estimate of drug-likeness (QED) is 0.796. The molecule has 0 saturated carbocycles. The third-order valence-electron chi connectivity index (χ3n) is 2.36. The van der Waals surface area contributed by atoms with Crippen molar-refractivity contribution >= 4 is 5.97 Å². The first kappa shape index (κ1) is 10.8. The molecule has 1 unspecified atom stereocenters. The maximum absolute atomic E-state index is 10.8. The fraction of sp³-hybridized carbons (Fsp3) is 0.417. The Morgan fingerprint density at radius 1 is 1.50 bits per heavy atom. The van der Waals surface area contributed by atoms with Gasteiger partial charge in [0.25, 0.3) is 0 Å². The van der Waals surface area contributed by atoms with Crippen molar-refractivity contribution in [2.45, 2.75) is 32.6 Å². The maximum Gasteiger partial charge on any atom is 0.310 e. The van der Waals surface area contributed by atoms with E-state index in [9.17, 15) is 4.79 Å². The largest absolute Gasteiger partial charge is 0.481 e. The fourth-order valence-electron chi connectivity index (χ4n) is 1.45. The van der Waals surface area contributed by atoms with Gasteiger partial charge < -0.3 is 5.11 Å². The van der Waals surface area contributed by atoms with E-state index in [1.807, 2.05) is 24.3 Å². The van der Waals surface area contributed by atoms with Gasteiger partial charge in [0.05, 0.1) is 5.92 Å². The van der Waals surface area contributed by atoms with Gasteiger partial charge in [-0.2, -0.15) is 0 Å². The third-order valence-corrected chi connectivity index (χ3v) is 2.36. The topological polar surface area (TPSA) is 37.3 Å². The van der Waals surface area contributed by atoms with E-state index < -0.39 is 11.9 Å². The van der Waals surface area contributed by atoms with Gasteiger partial charge in [0, 0.05) is 0 Å². The molecule has 0 fully saturated rings. The second kappa shape index (κ2) is 4.80. The highest BCUT2D eigenvalue weighted by atomic mass is 16.4. The highest BCUT2D eigenvalue weighted by molar-refractivity contribution is 5.75. The number of carbonyl (C=O) groups is 1. The average Bonchev–Trinajstić information content (AvgIpc) is 2.17. The van der Waals surface area contributed by atoms with Crippen molar-refractivity contribution in [2.75, 3.05) is 0 Å². The molecule has 0 radical (unpaired) electrons. The molecule has 2 heteroatoms. The number of aryl methyl sites for hydroxylation is 1. The third kappa shape index (κ3) is 2.59. The van der Waals surface area contributed by atoms with Gasteiger partial charge in [0.2, 0.25) is 0 Å². The molecule has 1 aromatic rings. The predicted molar refractivity (Wildman–Crippen MR) is 56.5 cm³/mol. The molecule has 1 aromatic carbocycles. The van der Waals surface area contributed by atoms with Gasteiger partial charge in [-0.25, -0.2) is 0 Å². The van der Waals surface area contributed by atoms with Crippen LogP contribution in [0.1, 0.15) is 37.3 Å². The fourth-order valence-corrected chi connectivity index (χ4v) is 1.45. The first-order valence-electron chi connectivity index (χ1n) is 4.96. The molecule has 0 aliphatic rings. The number of carboxylic acid groups (broad SMARTS) is 1. The van der Waals surface area contributed by atoms with E-state index in [1.54, 1.807) is 6.92 Å². The summed E-state index contributed by atoms with van der Waals surface area (Å²) in [6, 6.07) is 7.83. The van der Waals surface area contributed by atoms with Crippen molar-refractivity contribution in [1.29, 1.82) is 0 Å². The lowest BCUT2D eigenvalue weighted by Crippen LogP contribution is -2.07. The van der Waals surface area contributed by atoms with E-state index >= 15 is 0 Å². The number of carboxylic acids is 1. The van der Waals surface area contributed by atoms with E-state index in [1.165, 1.54) is 5.56 Å². The molecular weight excluding hydrogens is 176 g/mol. The van der Waals surface area contributed by atoms with Crippen LogP contribution in [-0.2, 0) is 11.2 Å². The molecule has 14 heavy (non-hydrogen) atoms. The molecule has 0 bridgehead atoms. The summed E-state index contributed by atoms with van der Waals surface area (Å²) in [7, 11) is 0. The summed E-state index contributed by atoms with van der Waals surface area (Å²) < 4.78 is 0. The molecular formula is C12H16O2. The van der Waals surface area contributed by atoms with E-state index in [0.717, 1.165) is 18.4 Å². The zero-order chi connectivity index (χ0) is 10.6. The number of rotatable bonds is 4. The first-order valence-corrected chi connectivity index (χ1v) is 4.96. The van der Waals surface area contributed by atoms with Crippen molar-refractivity contribution in [3.63, 3.8) is 0 Å². The Kier molecular flexibility index (Phi) is 3.69. The minimum atomic E-state index is -0.765. The van der Waals surface area contributed by atoms with Crippen LogP contribution < -0.4 is 0 Å². The highest BCUT2D eigenvalue weighted by Crippen LogP contribution is 2.17. The second-order valence-corrected chi connectivity index (χ2v) is 3.55. The standard InChI is InChI=1S/C12H16O2/c1-3-5-10-6-4-7-11(8-10)9(2)12(13)14/h4,6-9H,3,5H2,1-2H3,(H,13,14). The summed E-state index contributed by atoms with van der Waals surface area (Å²) in [6.45, 7) is 3.83. The summed E-state index contributed by atoms with van der Waals surface area (Å²) in [5.41, 5.74) is 2.11. The molecule has 0 aliphatic heterocycles. The second-order valence-electron chi connectivity index (χ2n) is 3.55. The Morgan fingerprint density at radius 2 is 2.21 bits per heavy atom. The van der Waals surface area contributed by atoms with Crippen molar-refractivity contribution in [2.24, 2.45) is 0 Å². The summed E-state index contributed by atoms with van der Waals surface area (Å²) in [5.74, 6) is -1.18. The number of aliphatic carboxylic acids is 1. The van der Waals surface area contributed by atoms with E-state index in [-0.39, 0.29) is 0 Å². The van der Waals surface area contributed by atoms with Gasteiger partial charge in [-0.05, 0) is 24.5 Å². The molecule has 1 atom stereocenters. The predicted octanol–water partition coefficient (Wildman–Crippen LogP) is 2.83. The maximum atomic E-state index is 10.8. The smallest absolute Gasteiger partial charge is 0.310 e. The lowest BCUT2D eigenvalue weighted by Gasteiger charge is -2.08. The van der Waals surface area contributed by atoms with Crippen molar-refractivity contribution < 1.29 is 9.90 Å². The van der Waals surface area contributed by atoms with Crippen molar-refractivity contribution in [3.05, 3.63) is 35.4 Å². The Bertz CT molecular complexity index is 318. The van der Waals surface area contributed by atoms with Crippen LogP contribution in [-0.4, -0.2) is 11.1 Å². The van der Waals surface area contributed by atoms with Crippen LogP contribution in [0, 0.1) is 0 Å². The van der Waals surface area contributed by atoms with Crippen molar-refractivity contribution in [1.82, 2.24) is 0 Å². The van der Waals surface area contributed by atoms with Crippen LogP contribution in [0.5, 0.6) is 0 Å². The van der Waals surface area contributed by atoms with Crippen LogP contribution in [0.2, 0.25) is 0 Å². The average molecular weight is 192 g/mol. The monoisotopic (exact) mass is 192 g/mol. The number of hydrogen-bond donors (Lipinski definition) is 1. The zero-order valence-electron chi connectivity index (χ0n) is 8.66. The summed E-state index contributed by atoms with van der Waals surface area (Å²) in [5, 5.41) is 8.86. The molecule has 0 saturated heterocycles. The van der Waals surface area contributed by atoms with E-state index in [2.05, 4.69) is 6.92 Å². The van der Waals surface area contributed by atoms with Crippen LogP contribution in [0.15, 0.2) is 24.3 Å². The minimum Gasteiger partial charge on any atom is -0.481 e. The molecule has 0 aliphatic carbocycles. The molecule has 0 amide bonds. The summed E-state index contributed by atoms with van der Waals surface area (Å²) >= 11 is 0. The van der Waals surface area contributed by atoms with Crippen LogP contribution in [0.3, 0.4) is 0 Å². The number of benzene rings is 1. The van der Waals surface area contributed by atoms with Crippen LogP contribution in [0.25, 0.3) is 0 Å². The molecule has 0 spiro atoms. The van der Waals surface area contributed by atoms with Gasteiger partial charge in [-0.3, -0.25) is 4.79 Å². The minimum absolute atomic E-state index is 0.410. The molecule has 1 N–H and O–H groups in total. The van der Waals surface area contributed by atoms with Crippen molar-refractivity contribution in [3.8, 4) is 0 Å². The Morgan fingerprint density at radius 3 is 2.79 bits per heavy atom. The SMILES string of the molecule is CCCc1cccc(C(C)C(=O)O)c1. The normalized spacial score (nSPS) is 12.4. The molecule has 1 rings (SSSR count). The Labute approximate surface area is 84.6 Å². The van der Waals surface area contributed by atoms with Gasteiger partial charge >= 0.3 is 5.97 Å². The van der Waals surface area contributed by atoms with Crippen LogP contribution >= 0.6 is 0 Å². The zero-order valence-corrected chi connectivity index (χ0v) is 8.66. The lowest BCUT2D eigenvalue weighted by molar-refractivity contribution is -0.138. The molecule has 0 aromatic heterocycles.